The van der Waals surface area contributed by atoms with Crippen LogP contribution in [0.15, 0.2) is 40.9 Å². The normalized spacial score (nSPS) is 10.4. The molecule has 0 atom stereocenters. The summed E-state index contributed by atoms with van der Waals surface area (Å²) >= 11 is 3.14. The van der Waals surface area contributed by atoms with E-state index >= 15 is 0 Å². The number of rotatable bonds is 3. The summed E-state index contributed by atoms with van der Waals surface area (Å²) in [7, 11) is 0. The molecule has 0 aromatic heterocycles. The number of benzene rings is 2. The maximum absolute atomic E-state index is 13.3. The summed E-state index contributed by atoms with van der Waals surface area (Å²) in [5.74, 6) is -1.95. The molecule has 0 N–H and O–H groups in total. The molecular weight excluding hydrogens is 309 g/mol. The molecule has 2 rings (SSSR count). The van der Waals surface area contributed by atoms with E-state index in [1.54, 1.807) is 6.07 Å². The van der Waals surface area contributed by atoms with Gasteiger partial charge in [0.25, 0.3) is 0 Å². The maximum Gasteiger partial charge on any atom is 0.167 e. The van der Waals surface area contributed by atoms with Crippen LogP contribution in [0.1, 0.15) is 5.56 Å². The lowest BCUT2D eigenvalue weighted by Gasteiger charge is -2.07. The van der Waals surface area contributed by atoms with E-state index in [-0.39, 0.29) is 12.4 Å². The second-order valence-corrected chi connectivity index (χ2v) is 4.56. The van der Waals surface area contributed by atoms with E-state index in [0.717, 1.165) is 12.1 Å². The third kappa shape index (κ3) is 3.26. The first-order valence-corrected chi connectivity index (χ1v) is 5.87. The van der Waals surface area contributed by atoms with Crippen molar-refractivity contribution in [1.82, 2.24) is 0 Å². The van der Waals surface area contributed by atoms with Gasteiger partial charge in [-0.2, -0.15) is 0 Å². The number of hydrogen-bond acceptors (Lipinski definition) is 1. The topological polar surface area (TPSA) is 9.23 Å². The fraction of sp³-hybridized carbons (Fsp3) is 0.0769. The Morgan fingerprint density at radius 3 is 2.39 bits per heavy atom. The summed E-state index contributed by atoms with van der Waals surface area (Å²) in [5, 5.41) is 0. The van der Waals surface area contributed by atoms with Gasteiger partial charge < -0.3 is 4.74 Å². The van der Waals surface area contributed by atoms with Crippen molar-refractivity contribution in [3.05, 3.63) is 63.9 Å². The highest BCUT2D eigenvalue weighted by molar-refractivity contribution is 9.10. The quantitative estimate of drug-likeness (QED) is 0.813. The van der Waals surface area contributed by atoms with Gasteiger partial charge in [-0.3, -0.25) is 0 Å². The smallest absolute Gasteiger partial charge is 0.167 e. The van der Waals surface area contributed by atoms with E-state index in [4.69, 9.17) is 4.74 Å². The second-order valence-electron chi connectivity index (χ2n) is 3.64. The molecule has 0 bridgehead atoms. The van der Waals surface area contributed by atoms with Gasteiger partial charge in [-0.1, -0.05) is 15.9 Å². The Morgan fingerprint density at radius 2 is 1.72 bits per heavy atom. The summed E-state index contributed by atoms with van der Waals surface area (Å²) in [6.45, 7) is -0.00108. The molecule has 0 heterocycles. The lowest BCUT2D eigenvalue weighted by molar-refractivity contribution is 0.288. The maximum atomic E-state index is 13.3. The van der Waals surface area contributed by atoms with Crippen LogP contribution in [-0.2, 0) is 6.61 Å². The average molecular weight is 317 g/mol. The second kappa shape index (κ2) is 5.44. The SMILES string of the molecule is Fc1cc(Br)cc(COc2ccc(F)cc2F)c1. The number of hydrogen-bond donors (Lipinski definition) is 0. The third-order valence-corrected chi connectivity index (χ3v) is 2.67. The van der Waals surface area contributed by atoms with Crippen molar-refractivity contribution in [2.24, 2.45) is 0 Å². The molecule has 0 aliphatic rings. The fourth-order valence-electron chi connectivity index (χ4n) is 1.45. The molecular formula is C13H8BrF3O. The Bertz CT molecular complexity index is 552. The van der Waals surface area contributed by atoms with Gasteiger partial charge in [0.1, 0.15) is 18.2 Å². The fourth-order valence-corrected chi connectivity index (χ4v) is 1.96. The predicted octanol–water partition coefficient (Wildman–Crippen LogP) is 4.45. The minimum absolute atomic E-state index is 0.00108. The van der Waals surface area contributed by atoms with Crippen molar-refractivity contribution in [1.29, 1.82) is 0 Å². The highest BCUT2D eigenvalue weighted by Crippen LogP contribution is 2.20. The van der Waals surface area contributed by atoms with Crippen LogP contribution in [0.5, 0.6) is 5.75 Å². The average Bonchev–Trinajstić information content (AvgIpc) is 2.26. The van der Waals surface area contributed by atoms with Gasteiger partial charge in [0.2, 0.25) is 0 Å². The Balaban J connectivity index is 2.11. The first-order chi connectivity index (χ1) is 8.54. The molecule has 1 nitrogen and oxygen atoms in total. The molecule has 0 saturated carbocycles. The zero-order valence-corrected chi connectivity index (χ0v) is 10.7. The third-order valence-electron chi connectivity index (χ3n) is 2.21. The molecule has 5 heteroatoms. The van der Waals surface area contributed by atoms with E-state index in [0.29, 0.717) is 10.0 Å². The van der Waals surface area contributed by atoms with E-state index in [2.05, 4.69) is 15.9 Å². The summed E-state index contributed by atoms with van der Waals surface area (Å²) in [5.41, 5.74) is 0.547. The van der Waals surface area contributed by atoms with Gasteiger partial charge in [0.05, 0.1) is 0 Å². The Kier molecular flexibility index (Phi) is 3.91. The van der Waals surface area contributed by atoms with Crippen molar-refractivity contribution in [3.8, 4) is 5.75 Å². The molecule has 0 unspecified atom stereocenters. The zero-order valence-electron chi connectivity index (χ0n) is 9.09. The molecule has 0 aliphatic heterocycles. The van der Waals surface area contributed by atoms with Crippen molar-refractivity contribution >= 4 is 15.9 Å². The molecule has 94 valence electrons. The minimum atomic E-state index is -0.787. The van der Waals surface area contributed by atoms with Gasteiger partial charge in [-0.05, 0) is 35.9 Å². The van der Waals surface area contributed by atoms with E-state index < -0.39 is 17.5 Å². The highest BCUT2D eigenvalue weighted by atomic mass is 79.9. The van der Waals surface area contributed by atoms with Gasteiger partial charge in [0.15, 0.2) is 11.6 Å². The molecule has 0 radical (unpaired) electrons. The Labute approximate surface area is 110 Å². The molecule has 0 fully saturated rings. The van der Waals surface area contributed by atoms with E-state index in [1.165, 1.54) is 18.2 Å². The van der Waals surface area contributed by atoms with Crippen molar-refractivity contribution in [2.45, 2.75) is 6.61 Å². The minimum Gasteiger partial charge on any atom is -0.486 e. The van der Waals surface area contributed by atoms with Gasteiger partial charge >= 0.3 is 0 Å². The van der Waals surface area contributed by atoms with Crippen LogP contribution in [-0.4, -0.2) is 0 Å². The van der Waals surface area contributed by atoms with Crippen molar-refractivity contribution < 1.29 is 17.9 Å². The van der Waals surface area contributed by atoms with Crippen LogP contribution in [0, 0.1) is 17.5 Å². The van der Waals surface area contributed by atoms with Crippen molar-refractivity contribution in [2.75, 3.05) is 0 Å². The number of ether oxygens (including phenoxy) is 1. The molecule has 0 spiro atoms. The first-order valence-electron chi connectivity index (χ1n) is 5.07. The summed E-state index contributed by atoms with van der Waals surface area (Å²) in [4.78, 5) is 0. The molecule has 0 amide bonds. The van der Waals surface area contributed by atoms with Crippen LogP contribution < -0.4 is 4.74 Å². The van der Waals surface area contributed by atoms with Crippen LogP contribution in [0.4, 0.5) is 13.2 Å². The van der Waals surface area contributed by atoms with Crippen LogP contribution in [0.25, 0.3) is 0 Å². The van der Waals surface area contributed by atoms with Gasteiger partial charge in [-0.25, -0.2) is 13.2 Å². The Morgan fingerprint density at radius 1 is 0.944 bits per heavy atom. The predicted molar refractivity (Wildman–Crippen MR) is 64.8 cm³/mol. The summed E-state index contributed by atoms with van der Waals surface area (Å²) < 4.78 is 44.7. The first kappa shape index (κ1) is 13.0. The van der Waals surface area contributed by atoms with Crippen LogP contribution >= 0.6 is 15.9 Å². The summed E-state index contributed by atoms with van der Waals surface area (Å²) in [6.07, 6.45) is 0. The zero-order chi connectivity index (χ0) is 13.1. The van der Waals surface area contributed by atoms with E-state index in [9.17, 15) is 13.2 Å². The molecule has 0 saturated heterocycles. The lowest BCUT2D eigenvalue weighted by atomic mass is 10.2. The van der Waals surface area contributed by atoms with Crippen LogP contribution in [0.2, 0.25) is 0 Å². The lowest BCUT2D eigenvalue weighted by Crippen LogP contribution is -1.98. The van der Waals surface area contributed by atoms with Crippen LogP contribution in [0.3, 0.4) is 0 Å². The molecule has 2 aromatic carbocycles. The highest BCUT2D eigenvalue weighted by Gasteiger charge is 2.06. The van der Waals surface area contributed by atoms with Gasteiger partial charge in [-0.15, -0.1) is 0 Å². The molecule has 18 heavy (non-hydrogen) atoms. The molecule has 0 aliphatic carbocycles. The standard InChI is InChI=1S/C13H8BrF3O/c14-9-3-8(4-11(16)5-9)7-18-13-2-1-10(15)6-12(13)17/h1-6H,7H2. The summed E-state index contributed by atoms with van der Waals surface area (Å²) in [6, 6.07) is 7.27. The Hall–Kier alpha value is -1.49. The largest absolute Gasteiger partial charge is 0.486 e. The molecule has 2 aromatic rings. The van der Waals surface area contributed by atoms with E-state index in [1.807, 2.05) is 0 Å². The van der Waals surface area contributed by atoms with Gasteiger partial charge in [0, 0.05) is 10.5 Å². The van der Waals surface area contributed by atoms with Crippen molar-refractivity contribution in [3.63, 3.8) is 0 Å². The monoisotopic (exact) mass is 316 g/mol. The number of halogens is 4.